The summed E-state index contributed by atoms with van der Waals surface area (Å²) in [6, 6.07) is 24.4. The zero-order chi connectivity index (χ0) is 32.0. The van der Waals surface area contributed by atoms with Crippen molar-refractivity contribution in [3.05, 3.63) is 102 Å². The molecule has 7 heteroatoms. The summed E-state index contributed by atoms with van der Waals surface area (Å²) in [6.45, 7) is 0. The van der Waals surface area contributed by atoms with E-state index in [1.807, 2.05) is 42.5 Å². The molecule has 0 spiro atoms. The number of aliphatic hydroxyl groups excluding tert-OH is 1. The van der Waals surface area contributed by atoms with Crippen LogP contribution in [0.2, 0.25) is 0 Å². The van der Waals surface area contributed by atoms with Crippen LogP contribution in [0.4, 0.5) is 0 Å². The van der Waals surface area contributed by atoms with Crippen molar-refractivity contribution >= 4 is 17.7 Å². The number of carbonyl (C=O) groups excluding carboxylic acids is 3. The van der Waals surface area contributed by atoms with E-state index < -0.39 is 18.2 Å². The zero-order valence-electron chi connectivity index (χ0n) is 25.8. The van der Waals surface area contributed by atoms with Crippen LogP contribution in [0.3, 0.4) is 0 Å². The molecular weight excluding hydrogens is 568 g/mol. The van der Waals surface area contributed by atoms with Gasteiger partial charge in [-0.2, -0.15) is 0 Å². The van der Waals surface area contributed by atoms with Gasteiger partial charge in [0.05, 0.1) is 25.9 Å². The summed E-state index contributed by atoms with van der Waals surface area (Å²) in [5, 5.41) is 11.0. The molecule has 1 aliphatic carbocycles. The highest BCUT2D eigenvalue weighted by molar-refractivity contribution is 6.04. The Hall–Kier alpha value is -4.67. The molecule has 3 aromatic rings. The average molecular weight is 609 g/mol. The first kappa shape index (κ1) is 33.2. The fourth-order valence-electron chi connectivity index (χ4n) is 5.70. The number of allylic oxidation sites excluding steroid dienone is 1. The Balaban J connectivity index is 1.43. The molecule has 3 aromatic carbocycles. The Morgan fingerprint density at radius 3 is 2.36 bits per heavy atom. The lowest BCUT2D eigenvalue weighted by molar-refractivity contribution is -0.140. The molecule has 4 atom stereocenters. The molecule has 234 valence electrons. The van der Waals surface area contributed by atoms with Crippen LogP contribution in [0.5, 0.6) is 5.75 Å². The number of methoxy groups -OCH3 is 2. The molecule has 0 amide bonds. The lowest BCUT2D eigenvalue weighted by Gasteiger charge is -2.23. The fourth-order valence-corrected chi connectivity index (χ4v) is 5.70. The van der Waals surface area contributed by atoms with Crippen LogP contribution in [0, 0.1) is 23.7 Å². The van der Waals surface area contributed by atoms with E-state index in [4.69, 9.17) is 14.2 Å². The van der Waals surface area contributed by atoms with E-state index in [9.17, 15) is 19.5 Å². The normalized spacial score (nSPS) is 19.0. The lowest BCUT2D eigenvalue weighted by atomic mass is 9.88. The topological polar surface area (TPSA) is 99.1 Å². The molecule has 0 saturated heterocycles. The van der Waals surface area contributed by atoms with E-state index in [2.05, 4.69) is 11.8 Å². The van der Waals surface area contributed by atoms with E-state index in [0.717, 1.165) is 36.8 Å². The first-order chi connectivity index (χ1) is 21.9. The molecule has 4 rings (SSSR count). The van der Waals surface area contributed by atoms with Crippen molar-refractivity contribution < 1.29 is 33.7 Å². The van der Waals surface area contributed by atoms with Gasteiger partial charge in [0.2, 0.25) is 5.78 Å². The quantitative estimate of drug-likeness (QED) is 0.101. The van der Waals surface area contributed by atoms with Crippen molar-refractivity contribution in [3.8, 4) is 28.7 Å². The number of ether oxygens (including phenoxy) is 3. The molecule has 1 aliphatic rings. The Kier molecular flexibility index (Phi) is 12.5. The third kappa shape index (κ3) is 9.92. The second-order valence-corrected chi connectivity index (χ2v) is 11.2. The molecule has 1 saturated carbocycles. The van der Waals surface area contributed by atoms with Gasteiger partial charge in [-0.3, -0.25) is 9.59 Å². The minimum Gasteiger partial charge on any atom is -0.497 e. The van der Waals surface area contributed by atoms with Crippen LogP contribution in [-0.2, 0) is 19.1 Å². The van der Waals surface area contributed by atoms with Gasteiger partial charge in [0.1, 0.15) is 11.9 Å². The number of hydrogen-bond acceptors (Lipinski definition) is 7. The van der Waals surface area contributed by atoms with Crippen LogP contribution in [0.1, 0.15) is 60.9 Å². The number of ketones is 1. The number of carbonyl (C=O) groups is 3. The molecule has 0 aromatic heterocycles. The van der Waals surface area contributed by atoms with Gasteiger partial charge < -0.3 is 19.3 Å². The van der Waals surface area contributed by atoms with Crippen molar-refractivity contribution in [1.82, 2.24) is 0 Å². The number of hydrogen-bond donors (Lipinski definition) is 1. The van der Waals surface area contributed by atoms with Gasteiger partial charge in [-0.05, 0) is 66.3 Å². The lowest BCUT2D eigenvalue weighted by Crippen LogP contribution is -2.25. The van der Waals surface area contributed by atoms with Gasteiger partial charge in [0.15, 0.2) is 0 Å². The first-order valence-electron chi connectivity index (χ1n) is 15.4. The van der Waals surface area contributed by atoms with Gasteiger partial charge in [0.25, 0.3) is 0 Å². The molecule has 1 fully saturated rings. The van der Waals surface area contributed by atoms with Crippen LogP contribution < -0.4 is 4.74 Å². The molecule has 7 nitrogen and oxygen atoms in total. The van der Waals surface area contributed by atoms with Gasteiger partial charge in [-0.25, -0.2) is 4.79 Å². The highest BCUT2D eigenvalue weighted by atomic mass is 16.5. The van der Waals surface area contributed by atoms with Crippen molar-refractivity contribution in [2.45, 2.75) is 57.2 Å². The van der Waals surface area contributed by atoms with Gasteiger partial charge in [-0.15, -0.1) is 0 Å². The summed E-state index contributed by atoms with van der Waals surface area (Å²) in [5.74, 6) is 4.54. The predicted octanol–water partition coefficient (Wildman–Crippen LogP) is 6.58. The van der Waals surface area contributed by atoms with E-state index in [1.54, 1.807) is 49.6 Å². The summed E-state index contributed by atoms with van der Waals surface area (Å²) < 4.78 is 15.9. The van der Waals surface area contributed by atoms with Crippen LogP contribution in [0.25, 0.3) is 11.1 Å². The smallest absolute Gasteiger partial charge is 0.338 e. The van der Waals surface area contributed by atoms with E-state index in [-0.39, 0.29) is 30.0 Å². The second kappa shape index (κ2) is 17.0. The number of unbranched alkanes of at least 4 members (excludes halogenated alkanes) is 3. The van der Waals surface area contributed by atoms with Crippen LogP contribution in [-0.4, -0.2) is 49.3 Å². The largest absolute Gasteiger partial charge is 0.497 e. The third-order valence-corrected chi connectivity index (χ3v) is 8.14. The molecule has 0 aliphatic heterocycles. The van der Waals surface area contributed by atoms with E-state index in [1.165, 1.54) is 13.2 Å². The molecule has 45 heavy (non-hydrogen) atoms. The molecule has 0 heterocycles. The summed E-state index contributed by atoms with van der Waals surface area (Å²) in [5.41, 5.74) is 3.15. The van der Waals surface area contributed by atoms with Crippen molar-refractivity contribution in [1.29, 1.82) is 0 Å². The van der Waals surface area contributed by atoms with Crippen molar-refractivity contribution in [3.63, 3.8) is 0 Å². The molecule has 0 bridgehead atoms. The highest BCUT2D eigenvalue weighted by Gasteiger charge is 2.43. The SMILES string of the molecule is COC(=O)CCCCCC[C@@H]1[C@@H](/C=C/C(=O)C#Cc2cccc(OC)c2)[C@H](O)C[C@@H]1OC(=O)c1ccc(-c2ccccc2)cc1. The number of benzene rings is 3. The maximum Gasteiger partial charge on any atom is 0.338 e. The monoisotopic (exact) mass is 608 g/mol. The summed E-state index contributed by atoms with van der Waals surface area (Å²) >= 11 is 0. The number of rotatable bonds is 13. The standard InChI is InChI=1S/C38H40O7/c1-43-32-14-10-11-27(25-32)17-22-31(39)23-24-33-34(15-8-3-4-9-16-37(41)44-2)36(26-35(33)40)45-38(42)30-20-18-29(19-21-30)28-12-6-5-7-13-28/h5-7,10-14,18-21,23-25,33-36,40H,3-4,8-9,15-16,26H2,1-2H3/b24-23+/t33-,34-,35-,36+/m1/s1. The van der Waals surface area contributed by atoms with Crippen molar-refractivity contribution in [2.75, 3.05) is 14.2 Å². The predicted molar refractivity (Wildman–Crippen MR) is 172 cm³/mol. The van der Waals surface area contributed by atoms with Gasteiger partial charge in [0, 0.05) is 30.2 Å². The number of aliphatic hydroxyl groups is 1. The number of esters is 2. The van der Waals surface area contributed by atoms with Crippen molar-refractivity contribution in [2.24, 2.45) is 11.8 Å². The maximum atomic E-state index is 13.2. The third-order valence-electron chi connectivity index (χ3n) is 8.14. The minimum absolute atomic E-state index is 0.177. The molecule has 1 N–H and O–H groups in total. The Morgan fingerprint density at radius 1 is 0.889 bits per heavy atom. The summed E-state index contributed by atoms with van der Waals surface area (Å²) in [6.07, 6.45) is 6.48. The first-order valence-corrected chi connectivity index (χ1v) is 15.4. The summed E-state index contributed by atoms with van der Waals surface area (Å²) in [4.78, 5) is 37.3. The minimum atomic E-state index is -0.775. The second-order valence-electron chi connectivity index (χ2n) is 11.2. The average Bonchev–Trinajstić information content (AvgIpc) is 3.37. The Labute approximate surface area is 265 Å². The molecule has 0 unspecified atom stereocenters. The zero-order valence-corrected chi connectivity index (χ0v) is 25.8. The Morgan fingerprint density at radius 2 is 1.62 bits per heavy atom. The molecular formula is C38H40O7. The van der Waals surface area contributed by atoms with Gasteiger partial charge in [-0.1, -0.05) is 79.8 Å². The fraction of sp³-hybridized carbons (Fsp3) is 0.342. The van der Waals surface area contributed by atoms with E-state index in [0.29, 0.717) is 29.7 Å². The van der Waals surface area contributed by atoms with Gasteiger partial charge >= 0.3 is 11.9 Å². The Bertz CT molecular complexity index is 1510. The van der Waals surface area contributed by atoms with Crippen LogP contribution in [0.15, 0.2) is 91.0 Å². The molecule has 0 radical (unpaired) electrons. The summed E-state index contributed by atoms with van der Waals surface area (Å²) in [7, 11) is 2.95. The van der Waals surface area contributed by atoms with Crippen LogP contribution >= 0.6 is 0 Å². The highest BCUT2D eigenvalue weighted by Crippen LogP contribution is 2.39. The van der Waals surface area contributed by atoms with E-state index >= 15 is 0 Å². The maximum absolute atomic E-state index is 13.2.